The molecule has 1 fully saturated rings. The highest BCUT2D eigenvalue weighted by atomic mass is 32.2. The first kappa shape index (κ1) is 12.2. The first-order valence-electron chi connectivity index (χ1n) is 4.53. The number of ether oxygens (including phenoxy) is 1. The molecule has 1 rings (SSSR count). The van der Waals surface area contributed by atoms with Gasteiger partial charge in [-0.1, -0.05) is 6.92 Å². The van der Waals surface area contributed by atoms with E-state index in [-0.39, 0.29) is 12.0 Å². The maximum absolute atomic E-state index is 11.4. The fourth-order valence-electron chi connectivity index (χ4n) is 1.35. The van der Waals surface area contributed by atoms with Crippen molar-refractivity contribution in [1.29, 1.82) is 0 Å². The Morgan fingerprint density at radius 1 is 1.47 bits per heavy atom. The molecule has 1 amide bonds. The van der Waals surface area contributed by atoms with E-state index in [1.165, 1.54) is 0 Å². The normalized spacial score (nSPS) is 26.3. The first-order chi connectivity index (χ1) is 6.94. The minimum absolute atomic E-state index is 0.194. The van der Waals surface area contributed by atoms with Gasteiger partial charge in [0.15, 0.2) is 0 Å². The van der Waals surface area contributed by atoms with Crippen LogP contribution in [0.4, 0.5) is 4.79 Å². The topological polar surface area (TPSA) is 96.5 Å². The third-order valence-electron chi connectivity index (χ3n) is 2.23. The van der Waals surface area contributed by atoms with Crippen molar-refractivity contribution >= 4 is 16.3 Å². The van der Waals surface area contributed by atoms with Crippen LogP contribution >= 0.6 is 0 Å². The van der Waals surface area contributed by atoms with Gasteiger partial charge in [-0.3, -0.25) is 0 Å². The Labute approximate surface area is 88.7 Å². The summed E-state index contributed by atoms with van der Waals surface area (Å²) in [6.07, 6.45) is -0.999. The van der Waals surface area contributed by atoms with Crippen LogP contribution in [-0.2, 0) is 14.9 Å². The Hall–Kier alpha value is -0.860. The van der Waals surface area contributed by atoms with Crippen LogP contribution in [0.3, 0.4) is 0 Å². The molecule has 2 atom stereocenters. The number of rotatable bonds is 3. The number of carbonyl (C=O) groups excluding carboxylic acids is 1. The van der Waals surface area contributed by atoms with Gasteiger partial charge in [-0.15, -0.1) is 0 Å². The fraction of sp³-hybridized carbons (Fsp3) is 0.857. The highest BCUT2D eigenvalue weighted by Gasteiger charge is 2.28. The summed E-state index contributed by atoms with van der Waals surface area (Å²) in [5.41, 5.74) is 0. The Morgan fingerprint density at radius 2 is 2.13 bits per heavy atom. The van der Waals surface area contributed by atoms with Crippen molar-refractivity contribution in [1.82, 2.24) is 14.8 Å². The van der Waals surface area contributed by atoms with E-state index in [9.17, 15) is 13.2 Å². The molecule has 0 radical (unpaired) electrons. The summed E-state index contributed by atoms with van der Waals surface area (Å²) >= 11 is 0. The van der Waals surface area contributed by atoms with Crippen molar-refractivity contribution in [3.05, 3.63) is 0 Å². The predicted molar refractivity (Wildman–Crippen MR) is 53.4 cm³/mol. The molecule has 1 saturated heterocycles. The van der Waals surface area contributed by atoms with E-state index < -0.39 is 16.3 Å². The number of amides is 1. The zero-order valence-electron chi connectivity index (χ0n) is 8.61. The fourth-order valence-corrected chi connectivity index (χ4v) is 2.42. The maximum Gasteiger partial charge on any atom is 0.421 e. The van der Waals surface area contributed by atoms with Gasteiger partial charge in [-0.25, -0.2) is 9.52 Å². The summed E-state index contributed by atoms with van der Waals surface area (Å²) in [4.78, 5) is 10.7. The summed E-state index contributed by atoms with van der Waals surface area (Å²) < 4.78 is 31.0. The molecule has 3 N–H and O–H groups in total. The average molecular weight is 237 g/mol. The molecular formula is C7H15N3O4S. The molecule has 88 valence electrons. The lowest BCUT2D eigenvalue weighted by atomic mass is 10.1. The molecule has 2 unspecified atom stereocenters. The zero-order valence-corrected chi connectivity index (χ0v) is 9.43. The van der Waals surface area contributed by atoms with Gasteiger partial charge < -0.3 is 10.1 Å². The van der Waals surface area contributed by atoms with Crippen LogP contribution in [0.2, 0.25) is 0 Å². The quantitative estimate of drug-likeness (QED) is 0.572. The molecule has 8 heteroatoms. The standard InChI is InChI=1S/C7H15N3O4S/c1-5-3-8-4-6(5)9-15(12,13)10-7(11)14-2/h5-6,8-9H,3-4H2,1-2H3,(H,10,11). The van der Waals surface area contributed by atoms with Crippen molar-refractivity contribution in [2.45, 2.75) is 13.0 Å². The Kier molecular flexibility index (Phi) is 3.89. The lowest BCUT2D eigenvalue weighted by Crippen LogP contribution is -2.47. The van der Waals surface area contributed by atoms with Gasteiger partial charge in [0, 0.05) is 12.6 Å². The van der Waals surface area contributed by atoms with Crippen molar-refractivity contribution in [3.63, 3.8) is 0 Å². The number of hydrogen-bond donors (Lipinski definition) is 3. The summed E-state index contributed by atoms with van der Waals surface area (Å²) in [5, 5.41) is 3.04. The lowest BCUT2D eigenvalue weighted by molar-refractivity contribution is 0.177. The molecule has 1 heterocycles. The molecule has 0 bridgehead atoms. The SMILES string of the molecule is COC(=O)NS(=O)(=O)NC1CNCC1C. The second kappa shape index (κ2) is 4.77. The molecular weight excluding hydrogens is 222 g/mol. The summed E-state index contributed by atoms with van der Waals surface area (Å²) in [6.45, 7) is 3.24. The van der Waals surface area contributed by atoms with Gasteiger partial charge in [0.2, 0.25) is 0 Å². The van der Waals surface area contributed by atoms with Crippen molar-refractivity contribution < 1.29 is 17.9 Å². The van der Waals surface area contributed by atoms with Gasteiger partial charge in [0.25, 0.3) is 0 Å². The number of carbonyl (C=O) groups is 1. The van der Waals surface area contributed by atoms with Gasteiger partial charge in [-0.2, -0.15) is 13.1 Å². The summed E-state index contributed by atoms with van der Waals surface area (Å²) in [5.74, 6) is 0.194. The summed E-state index contributed by atoms with van der Waals surface area (Å²) in [6, 6.07) is -0.202. The molecule has 0 aromatic rings. The monoisotopic (exact) mass is 237 g/mol. The highest BCUT2D eigenvalue weighted by Crippen LogP contribution is 2.07. The number of methoxy groups -OCH3 is 1. The van der Waals surface area contributed by atoms with Crippen LogP contribution in [0.15, 0.2) is 0 Å². The molecule has 1 aliphatic rings. The minimum atomic E-state index is -3.82. The molecule has 0 spiro atoms. The molecule has 15 heavy (non-hydrogen) atoms. The second-order valence-corrected chi connectivity index (χ2v) is 4.90. The van der Waals surface area contributed by atoms with Crippen LogP contribution in [-0.4, -0.2) is 40.8 Å². The van der Waals surface area contributed by atoms with Crippen LogP contribution < -0.4 is 14.8 Å². The third kappa shape index (κ3) is 3.65. The third-order valence-corrected chi connectivity index (χ3v) is 3.28. The Morgan fingerprint density at radius 3 is 2.60 bits per heavy atom. The van der Waals surface area contributed by atoms with Crippen LogP contribution in [0.5, 0.6) is 0 Å². The van der Waals surface area contributed by atoms with Gasteiger partial charge in [0.1, 0.15) is 0 Å². The number of hydrogen-bond acceptors (Lipinski definition) is 5. The van der Waals surface area contributed by atoms with E-state index in [0.29, 0.717) is 6.54 Å². The average Bonchev–Trinajstić information content (AvgIpc) is 2.50. The van der Waals surface area contributed by atoms with Crippen LogP contribution in [0, 0.1) is 5.92 Å². The lowest BCUT2D eigenvalue weighted by Gasteiger charge is -2.16. The first-order valence-corrected chi connectivity index (χ1v) is 6.01. The van der Waals surface area contributed by atoms with E-state index in [2.05, 4.69) is 14.8 Å². The van der Waals surface area contributed by atoms with E-state index in [1.54, 1.807) is 4.72 Å². The Balaban J connectivity index is 2.52. The largest absolute Gasteiger partial charge is 0.452 e. The van der Waals surface area contributed by atoms with E-state index >= 15 is 0 Å². The molecule has 7 nitrogen and oxygen atoms in total. The van der Waals surface area contributed by atoms with E-state index in [1.807, 2.05) is 6.92 Å². The van der Waals surface area contributed by atoms with Crippen molar-refractivity contribution in [2.24, 2.45) is 5.92 Å². The molecule has 0 saturated carbocycles. The molecule has 0 aromatic heterocycles. The predicted octanol–water partition coefficient (Wildman–Crippen LogP) is -1.22. The minimum Gasteiger partial charge on any atom is -0.452 e. The van der Waals surface area contributed by atoms with Crippen LogP contribution in [0.1, 0.15) is 6.92 Å². The Bertz CT molecular complexity index is 329. The van der Waals surface area contributed by atoms with Crippen molar-refractivity contribution in [3.8, 4) is 0 Å². The van der Waals surface area contributed by atoms with Crippen molar-refractivity contribution in [2.75, 3.05) is 20.2 Å². The van der Waals surface area contributed by atoms with E-state index in [4.69, 9.17) is 0 Å². The zero-order chi connectivity index (χ0) is 11.5. The summed E-state index contributed by atoms with van der Waals surface area (Å²) in [7, 11) is -2.72. The van der Waals surface area contributed by atoms with Gasteiger partial charge in [-0.05, 0) is 12.5 Å². The maximum atomic E-state index is 11.4. The second-order valence-electron chi connectivity index (χ2n) is 3.46. The molecule has 1 aliphatic heterocycles. The van der Waals surface area contributed by atoms with E-state index in [0.717, 1.165) is 13.7 Å². The molecule has 0 aromatic carbocycles. The highest BCUT2D eigenvalue weighted by molar-refractivity contribution is 7.88. The van der Waals surface area contributed by atoms with Crippen LogP contribution in [0.25, 0.3) is 0 Å². The molecule has 0 aliphatic carbocycles. The number of nitrogens with one attached hydrogen (secondary N) is 3. The van der Waals surface area contributed by atoms with Gasteiger partial charge in [0.05, 0.1) is 7.11 Å². The van der Waals surface area contributed by atoms with Gasteiger partial charge >= 0.3 is 16.3 Å². The smallest absolute Gasteiger partial charge is 0.421 e.